The van der Waals surface area contributed by atoms with Crippen LogP contribution in [0.15, 0.2) is 18.3 Å². The average molecular weight is 321 g/mol. The molecule has 0 unspecified atom stereocenters. The van der Waals surface area contributed by atoms with E-state index in [1.807, 2.05) is 12.3 Å². The SMILES string of the molecule is C[C@@H]1C[C@@H](C)CN(c2ccc(NC(=S)NC(C)(C)C)cn2)C1. The summed E-state index contributed by atoms with van der Waals surface area (Å²) in [6.45, 7) is 13.1. The molecule has 1 aromatic heterocycles. The molecule has 1 saturated heterocycles. The number of nitrogens with zero attached hydrogens (tertiary/aromatic N) is 2. The van der Waals surface area contributed by atoms with Gasteiger partial charge in [0.25, 0.3) is 0 Å². The lowest BCUT2D eigenvalue weighted by atomic mass is 9.92. The van der Waals surface area contributed by atoms with Crippen molar-refractivity contribution in [3.63, 3.8) is 0 Å². The first-order valence-corrected chi connectivity index (χ1v) is 8.44. The summed E-state index contributed by atoms with van der Waals surface area (Å²) in [6.07, 6.45) is 3.17. The molecule has 0 aliphatic carbocycles. The van der Waals surface area contributed by atoms with E-state index >= 15 is 0 Å². The molecule has 122 valence electrons. The van der Waals surface area contributed by atoms with Gasteiger partial charge in [-0.15, -0.1) is 0 Å². The van der Waals surface area contributed by atoms with E-state index in [0.29, 0.717) is 5.11 Å². The van der Waals surface area contributed by atoms with Crippen molar-refractivity contribution in [2.24, 2.45) is 11.8 Å². The molecule has 5 heteroatoms. The van der Waals surface area contributed by atoms with Crippen LogP contribution in [0.3, 0.4) is 0 Å². The van der Waals surface area contributed by atoms with Crippen LogP contribution in [0.4, 0.5) is 11.5 Å². The van der Waals surface area contributed by atoms with Crippen LogP contribution in [-0.4, -0.2) is 28.7 Å². The van der Waals surface area contributed by atoms with Gasteiger partial charge in [-0.25, -0.2) is 4.98 Å². The van der Waals surface area contributed by atoms with Crippen molar-refractivity contribution >= 4 is 28.8 Å². The smallest absolute Gasteiger partial charge is 0.171 e. The number of hydrogen-bond acceptors (Lipinski definition) is 3. The molecule has 1 aromatic rings. The number of aromatic nitrogens is 1. The zero-order valence-electron chi connectivity index (χ0n) is 14.3. The molecule has 2 atom stereocenters. The van der Waals surface area contributed by atoms with E-state index in [4.69, 9.17) is 12.2 Å². The highest BCUT2D eigenvalue weighted by Gasteiger charge is 2.22. The number of thiocarbonyl (C=S) groups is 1. The zero-order valence-corrected chi connectivity index (χ0v) is 15.1. The number of hydrogen-bond donors (Lipinski definition) is 2. The molecule has 0 spiro atoms. The van der Waals surface area contributed by atoms with Crippen LogP contribution in [0.2, 0.25) is 0 Å². The van der Waals surface area contributed by atoms with Crippen molar-refractivity contribution in [2.75, 3.05) is 23.3 Å². The number of rotatable bonds is 2. The minimum absolute atomic E-state index is 0.0441. The fourth-order valence-electron chi connectivity index (χ4n) is 3.00. The minimum atomic E-state index is -0.0441. The summed E-state index contributed by atoms with van der Waals surface area (Å²) in [5.74, 6) is 2.51. The first kappa shape index (κ1) is 17.0. The first-order valence-electron chi connectivity index (χ1n) is 8.03. The molecule has 4 nitrogen and oxygen atoms in total. The Morgan fingerprint density at radius 2 is 1.86 bits per heavy atom. The van der Waals surface area contributed by atoms with Crippen molar-refractivity contribution in [1.82, 2.24) is 10.3 Å². The second-order valence-corrected chi connectivity index (χ2v) is 7.99. The van der Waals surface area contributed by atoms with Gasteiger partial charge in [-0.05, 0) is 63.4 Å². The van der Waals surface area contributed by atoms with Crippen LogP contribution in [0.1, 0.15) is 41.0 Å². The standard InChI is InChI=1S/C17H28N4S/c1-12-8-13(2)11-21(10-12)15-7-6-14(9-18-15)19-16(22)20-17(3,4)5/h6-7,9,12-13H,8,10-11H2,1-5H3,(H2,19,20,22)/t12-,13-/m1/s1. The second kappa shape index (κ2) is 6.82. The number of pyridine rings is 1. The van der Waals surface area contributed by atoms with Crippen molar-refractivity contribution in [1.29, 1.82) is 0 Å². The Hall–Kier alpha value is -1.36. The summed E-state index contributed by atoms with van der Waals surface area (Å²) in [5.41, 5.74) is 0.876. The van der Waals surface area contributed by atoms with Crippen molar-refractivity contribution < 1.29 is 0 Å². The minimum Gasteiger partial charge on any atom is -0.358 e. The highest BCUT2D eigenvalue weighted by molar-refractivity contribution is 7.80. The predicted molar refractivity (Wildman–Crippen MR) is 98.5 cm³/mol. The topological polar surface area (TPSA) is 40.2 Å². The molecule has 0 bridgehead atoms. The van der Waals surface area contributed by atoms with Gasteiger partial charge in [0, 0.05) is 18.6 Å². The predicted octanol–water partition coefficient (Wildman–Crippen LogP) is 3.65. The van der Waals surface area contributed by atoms with Crippen LogP contribution >= 0.6 is 12.2 Å². The Balaban J connectivity index is 1.97. The summed E-state index contributed by atoms with van der Waals surface area (Å²) >= 11 is 5.31. The van der Waals surface area contributed by atoms with Crippen LogP contribution < -0.4 is 15.5 Å². The van der Waals surface area contributed by atoms with Crippen LogP contribution in [0, 0.1) is 11.8 Å². The third-order valence-corrected chi connectivity index (χ3v) is 3.89. The van der Waals surface area contributed by atoms with E-state index in [2.05, 4.69) is 61.2 Å². The van der Waals surface area contributed by atoms with E-state index < -0.39 is 0 Å². The molecule has 0 saturated carbocycles. The van der Waals surface area contributed by atoms with Gasteiger partial charge in [-0.2, -0.15) is 0 Å². The molecular weight excluding hydrogens is 292 g/mol. The highest BCUT2D eigenvalue weighted by Crippen LogP contribution is 2.25. The lowest BCUT2D eigenvalue weighted by molar-refractivity contribution is 0.355. The van der Waals surface area contributed by atoms with Gasteiger partial charge in [0.15, 0.2) is 5.11 Å². The number of nitrogens with one attached hydrogen (secondary N) is 2. The molecular formula is C17H28N4S. The summed E-state index contributed by atoms with van der Waals surface area (Å²) < 4.78 is 0. The van der Waals surface area contributed by atoms with Gasteiger partial charge in [0.1, 0.15) is 5.82 Å². The number of piperidine rings is 1. The van der Waals surface area contributed by atoms with E-state index in [9.17, 15) is 0 Å². The fourth-order valence-corrected chi connectivity index (χ4v) is 3.42. The first-order chi connectivity index (χ1) is 10.2. The molecule has 0 aromatic carbocycles. The molecule has 0 radical (unpaired) electrons. The van der Waals surface area contributed by atoms with Gasteiger partial charge in [-0.3, -0.25) is 0 Å². The maximum atomic E-state index is 5.31. The van der Waals surface area contributed by atoms with Crippen LogP contribution in [-0.2, 0) is 0 Å². The highest BCUT2D eigenvalue weighted by atomic mass is 32.1. The molecule has 1 aliphatic heterocycles. The fraction of sp³-hybridized carbons (Fsp3) is 0.647. The van der Waals surface area contributed by atoms with Crippen LogP contribution in [0.5, 0.6) is 0 Å². The Labute approximate surface area is 139 Å². The Bertz CT molecular complexity index is 496. The van der Waals surface area contributed by atoms with Gasteiger partial charge in [-0.1, -0.05) is 13.8 Å². The molecule has 0 amide bonds. The molecule has 22 heavy (non-hydrogen) atoms. The Morgan fingerprint density at radius 3 is 2.36 bits per heavy atom. The summed E-state index contributed by atoms with van der Waals surface area (Å²) in [4.78, 5) is 6.98. The summed E-state index contributed by atoms with van der Waals surface area (Å²) in [7, 11) is 0. The quantitative estimate of drug-likeness (QED) is 0.814. The lowest BCUT2D eigenvalue weighted by Crippen LogP contribution is -2.43. The summed E-state index contributed by atoms with van der Waals surface area (Å²) in [6, 6.07) is 4.12. The van der Waals surface area contributed by atoms with E-state index in [1.165, 1.54) is 6.42 Å². The monoisotopic (exact) mass is 320 g/mol. The van der Waals surface area contributed by atoms with Crippen molar-refractivity contribution in [3.05, 3.63) is 18.3 Å². The second-order valence-electron chi connectivity index (χ2n) is 7.59. The van der Waals surface area contributed by atoms with Gasteiger partial charge in [0.05, 0.1) is 11.9 Å². The lowest BCUT2D eigenvalue weighted by Gasteiger charge is -2.35. The molecule has 1 fully saturated rings. The van der Waals surface area contributed by atoms with E-state index in [0.717, 1.165) is 36.4 Å². The molecule has 2 rings (SSSR count). The van der Waals surface area contributed by atoms with E-state index in [-0.39, 0.29) is 5.54 Å². The van der Waals surface area contributed by atoms with Gasteiger partial charge in [0.2, 0.25) is 0 Å². The number of anilines is 2. The van der Waals surface area contributed by atoms with Crippen LogP contribution in [0.25, 0.3) is 0 Å². The average Bonchev–Trinajstić information content (AvgIpc) is 2.36. The third-order valence-electron chi connectivity index (χ3n) is 3.69. The largest absolute Gasteiger partial charge is 0.358 e. The maximum Gasteiger partial charge on any atom is 0.171 e. The Morgan fingerprint density at radius 1 is 1.23 bits per heavy atom. The Kier molecular flexibility index (Phi) is 5.27. The third kappa shape index (κ3) is 5.13. The van der Waals surface area contributed by atoms with Gasteiger partial charge < -0.3 is 15.5 Å². The van der Waals surface area contributed by atoms with Gasteiger partial charge >= 0.3 is 0 Å². The summed E-state index contributed by atoms with van der Waals surface area (Å²) in [5, 5.41) is 7.05. The normalized spacial score (nSPS) is 22.3. The van der Waals surface area contributed by atoms with E-state index in [1.54, 1.807) is 0 Å². The molecule has 1 aliphatic rings. The van der Waals surface area contributed by atoms with Crippen molar-refractivity contribution in [2.45, 2.75) is 46.6 Å². The molecule has 2 heterocycles. The molecule has 2 N–H and O–H groups in total. The van der Waals surface area contributed by atoms with Crippen molar-refractivity contribution in [3.8, 4) is 0 Å². The zero-order chi connectivity index (χ0) is 16.3. The maximum absolute atomic E-state index is 5.31.